The Bertz CT molecular complexity index is 1310. The molecule has 4 aliphatic rings. The second-order valence-electron chi connectivity index (χ2n) is 14.8. The van der Waals surface area contributed by atoms with Gasteiger partial charge in [0.25, 0.3) is 0 Å². The molecule has 4 fully saturated rings. The van der Waals surface area contributed by atoms with Gasteiger partial charge in [-0.3, -0.25) is 38.8 Å². The van der Waals surface area contributed by atoms with Gasteiger partial charge >= 0.3 is 24.1 Å². The van der Waals surface area contributed by atoms with E-state index in [0.29, 0.717) is 0 Å². The second-order valence-corrected chi connectivity index (χ2v) is 16.8. The SMILES string of the molecule is CC(C(C)N1CC(=O)N(COC(=O)C2CSCN2C(=O)OC(C)(C)C)C(=O)C1)N1CC(=O)N(COC(=O)C2CSCN2C(=O)OC(C)(C)C)C(=O)C1. The van der Waals surface area contributed by atoms with Crippen LogP contribution in [-0.4, -0.2) is 175 Å². The summed E-state index contributed by atoms with van der Waals surface area (Å²) in [4.78, 5) is 110. The second kappa shape index (κ2) is 16.6. The predicted molar refractivity (Wildman–Crippen MR) is 186 cm³/mol. The number of thioether (sulfide) groups is 2. The molecule has 18 nitrogen and oxygen atoms in total. The molecule has 0 aromatic carbocycles. The Morgan fingerprint density at radius 3 is 1.21 bits per heavy atom. The zero-order chi connectivity index (χ0) is 38.7. The van der Waals surface area contributed by atoms with E-state index in [0.717, 1.165) is 9.80 Å². The van der Waals surface area contributed by atoms with E-state index in [4.69, 9.17) is 18.9 Å². The molecule has 4 rings (SSSR count). The topological polar surface area (TPSA) is 193 Å². The Balaban J connectivity index is 1.25. The van der Waals surface area contributed by atoms with E-state index in [1.807, 2.05) is 0 Å². The van der Waals surface area contributed by atoms with Gasteiger partial charge in [0.2, 0.25) is 23.6 Å². The van der Waals surface area contributed by atoms with Crippen molar-refractivity contribution in [2.45, 2.75) is 90.8 Å². The number of piperazine rings is 2. The van der Waals surface area contributed by atoms with Gasteiger partial charge in [-0.2, -0.15) is 0 Å². The number of nitrogens with zero attached hydrogens (tertiary/aromatic N) is 6. The molecule has 52 heavy (non-hydrogen) atoms. The van der Waals surface area contributed by atoms with Gasteiger partial charge in [-0.25, -0.2) is 29.0 Å². The molecule has 0 aromatic rings. The Hall–Kier alpha value is -3.62. The van der Waals surface area contributed by atoms with Crippen molar-refractivity contribution in [1.29, 1.82) is 0 Å². The average molecular weight is 773 g/mol. The van der Waals surface area contributed by atoms with Crippen LogP contribution in [0.25, 0.3) is 0 Å². The summed E-state index contributed by atoms with van der Waals surface area (Å²) in [5.74, 6) is -2.89. The van der Waals surface area contributed by atoms with Crippen molar-refractivity contribution in [1.82, 2.24) is 29.4 Å². The van der Waals surface area contributed by atoms with Crippen molar-refractivity contribution in [2.24, 2.45) is 0 Å². The summed E-state index contributed by atoms with van der Waals surface area (Å²) in [5, 5.41) is 0. The highest BCUT2D eigenvalue weighted by Crippen LogP contribution is 2.26. The van der Waals surface area contributed by atoms with E-state index in [2.05, 4.69) is 0 Å². The molecule has 20 heteroatoms. The van der Waals surface area contributed by atoms with Crippen LogP contribution in [0.3, 0.4) is 0 Å². The van der Waals surface area contributed by atoms with E-state index in [-0.39, 0.29) is 49.4 Å². The number of ether oxygens (including phenoxy) is 4. The molecule has 0 saturated carbocycles. The van der Waals surface area contributed by atoms with Crippen LogP contribution in [0.15, 0.2) is 0 Å². The minimum absolute atomic E-state index is 0.185. The molecule has 4 unspecified atom stereocenters. The van der Waals surface area contributed by atoms with Gasteiger partial charge in [0.05, 0.1) is 37.9 Å². The number of imide groups is 2. The summed E-state index contributed by atoms with van der Waals surface area (Å²) in [5.41, 5.74) is -1.52. The van der Waals surface area contributed by atoms with E-state index >= 15 is 0 Å². The first-order valence-electron chi connectivity index (χ1n) is 16.8. The molecular formula is C32H48N6O12S2. The van der Waals surface area contributed by atoms with Crippen molar-refractivity contribution in [3.8, 4) is 0 Å². The molecule has 4 saturated heterocycles. The lowest BCUT2D eigenvalue weighted by molar-refractivity contribution is -0.170. The van der Waals surface area contributed by atoms with Gasteiger partial charge in [0.1, 0.15) is 23.3 Å². The van der Waals surface area contributed by atoms with Gasteiger partial charge in [-0.1, -0.05) is 0 Å². The van der Waals surface area contributed by atoms with Crippen molar-refractivity contribution in [3.05, 3.63) is 0 Å². The van der Waals surface area contributed by atoms with E-state index in [9.17, 15) is 38.4 Å². The van der Waals surface area contributed by atoms with Crippen LogP contribution in [0, 0.1) is 0 Å². The van der Waals surface area contributed by atoms with Crippen molar-refractivity contribution in [3.63, 3.8) is 0 Å². The first-order chi connectivity index (χ1) is 24.2. The number of carbonyl (C=O) groups is 8. The number of rotatable bonds is 9. The highest BCUT2D eigenvalue weighted by molar-refractivity contribution is 7.99. The molecule has 290 valence electrons. The normalized spacial score (nSPS) is 23.5. The van der Waals surface area contributed by atoms with Crippen LogP contribution < -0.4 is 0 Å². The summed E-state index contributed by atoms with van der Waals surface area (Å²) in [6.07, 6.45) is -1.33. The zero-order valence-electron chi connectivity index (χ0n) is 30.8. The van der Waals surface area contributed by atoms with Crippen LogP contribution >= 0.6 is 23.5 Å². The Labute approximate surface area is 311 Å². The molecule has 4 atom stereocenters. The fourth-order valence-electron chi connectivity index (χ4n) is 5.63. The fourth-order valence-corrected chi connectivity index (χ4v) is 7.88. The maximum Gasteiger partial charge on any atom is 0.411 e. The molecule has 0 N–H and O–H groups in total. The van der Waals surface area contributed by atoms with Crippen molar-refractivity contribution in [2.75, 3.05) is 62.9 Å². The maximum absolute atomic E-state index is 13.1. The van der Waals surface area contributed by atoms with Gasteiger partial charge in [0, 0.05) is 23.6 Å². The quantitative estimate of drug-likeness (QED) is 0.181. The Morgan fingerprint density at radius 2 is 0.923 bits per heavy atom. The summed E-state index contributed by atoms with van der Waals surface area (Å²) in [7, 11) is 0. The average Bonchev–Trinajstić information content (AvgIpc) is 3.72. The van der Waals surface area contributed by atoms with Gasteiger partial charge in [-0.05, 0) is 55.4 Å². The lowest BCUT2D eigenvalue weighted by atomic mass is 10.1. The number of carbonyl (C=O) groups excluding carboxylic acids is 8. The minimum Gasteiger partial charge on any atom is -0.444 e. The molecule has 6 amide bonds. The van der Waals surface area contributed by atoms with E-state index in [1.165, 1.54) is 33.3 Å². The number of hydrogen-bond donors (Lipinski definition) is 0. The minimum atomic E-state index is -0.925. The van der Waals surface area contributed by atoms with Crippen molar-refractivity contribution >= 4 is 71.3 Å². The van der Waals surface area contributed by atoms with Gasteiger partial charge in [0.15, 0.2) is 13.5 Å². The molecule has 0 spiro atoms. The van der Waals surface area contributed by atoms with E-state index in [1.54, 1.807) is 65.2 Å². The molecule has 4 heterocycles. The highest BCUT2D eigenvalue weighted by Gasteiger charge is 2.43. The molecule has 0 aliphatic carbocycles. The fraction of sp³-hybridized carbons (Fsp3) is 0.750. The van der Waals surface area contributed by atoms with Gasteiger partial charge in [-0.15, -0.1) is 23.5 Å². The summed E-state index contributed by atoms with van der Waals surface area (Å²) in [6, 6.07) is -2.77. The molecule has 0 aromatic heterocycles. The molecule has 0 bridgehead atoms. The monoisotopic (exact) mass is 772 g/mol. The number of hydrogen-bond acceptors (Lipinski definition) is 16. The van der Waals surface area contributed by atoms with Crippen LogP contribution in [0.1, 0.15) is 55.4 Å². The Kier molecular flexibility index (Phi) is 13.1. The van der Waals surface area contributed by atoms with Crippen LogP contribution in [0.5, 0.6) is 0 Å². The smallest absolute Gasteiger partial charge is 0.411 e. The van der Waals surface area contributed by atoms with Crippen LogP contribution in [0.4, 0.5) is 9.59 Å². The van der Waals surface area contributed by atoms with Crippen LogP contribution in [-0.2, 0) is 47.7 Å². The van der Waals surface area contributed by atoms with Gasteiger partial charge < -0.3 is 18.9 Å². The predicted octanol–water partition coefficient (Wildman–Crippen LogP) is 0.726. The third kappa shape index (κ3) is 10.3. The van der Waals surface area contributed by atoms with Crippen molar-refractivity contribution < 1.29 is 57.3 Å². The molecule has 4 aliphatic heterocycles. The highest BCUT2D eigenvalue weighted by atomic mass is 32.2. The first-order valence-corrected chi connectivity index (χ1v) is 19.1. The summed E-state index contributed by atoms with van der Waals surface area (Å²) < 4.78 is 21.3. The largest absolute Gasteiger partial charge is 0.444 e. The first kappa shape index (κ1) is 41.1. The third-order valence-corrected chi connectivity index (χ3v) is 10.7. The maximum atomic E-state index is 13.1. The number of esters is 2. The summed E-state index contributed by atoms with van der Waals surface area (Å²) >= 11 is 2.70. The standard InChI is InChI=1S/C32H48N6O12S2/c1-19(33-9-23(39)35(24(40)10-33)15-47-27(43)21-13-51-17-37(21)29(45)49-31(3,4)5)20(2)34-11-25(41)36(26(42)12-34)16-48-28(44)22-14-52-18-38(22)30(46)50-32(6,7)8/h19-22H,9-18H2,1-8H3. The van der Waals surface area contributed by atoms with E-state index < -0.39 is 96.6 Å². The summed E-state index contributed by atoms with van der Waals surface area (Å²) in [6.45, 7) is 11.8. The Morgan fingerprint density at radius 1 is 0.615 bits per heavy atom. The lowest BCUT2D eigenvalue weighted by Crippen LogP contribution is -2.63. The lowest BCUT2D eigenvalue weighted by Gasteiger charge is -2.43. The molecular weight excluding hydrogens is 725 g/mol. The third-order valence-electron chi connectivity index (χ3n) is 8.64. The number of amides is 6. The zero-order valence-corrected chi connectivity index (χ0v) is 32.4. The molecule has 0 radical (unpaired) electrons. The van der Waals surface area contributed by atoms with Crippen LogP contribution in [0.2, 0.25) is 0 Å².